The van der Waals surface area contributed by atoms with Crippen molar-refractivity contribution in [3.63, 3.8) is 0 Å². The van der Waals surface area contributed by atoms with Crippen LogP contribution in [0.2, 0.25) is 10.0 Å². The molecule has 0 heterocycles. The van der Waals surface area contributed by atoms with Gasteiger partial charge in [0.1, 0.15) is 11.5 Å². The fourth-order valence-corrected chi connectivity index (χ4v) is 7.50. The van der Waals surface area contributed by atoms with Crippen LogP contribution in [0.3, 0.4) is 0 Å². The number of Topliss-reactive ketones (excluding diaryl/α,β-unsaturated/α-hetero) is 2. The van der Waals surface area contributed by atoms with Gasteiger partial charge in [-0.15, -0.1) is 34.8 Å². The number of alkyl halides is 3. The molecule has 5 aromatic carbocycles. The lowest BCUT2D eigenvalue weighted by molar-refractivity contribution is -0.127. The molecule has 4 amide bonds. The van der Waals surface area contributed by atoms with E-state index in [2.05, 4.69) is 41.7 Å². The van der Waals surface area contributed by atoms with Crippen LogP contribution in [0.15, 0.2) is 111 Å². The van der Waals surface area contributed by atoms with Crippen molar-refractivity contribution in [1.82, 2.24) is 0 Å². The molecule has 0 saturated heterocycles. The standard InChI is InChI=1S/C48H45Cl5N8O8/c1-24(50)34-12-10-32(68-5)22-41(34)56-45(64)36-20-30(7-14-38(36)52)58-60-43(26(3)62)47(66)54-29-9-16-40(28(19-29)17-18-49)55-48(67)44(27(4)63)61-59-31-8-15-39(53)37(21-31)46(65)57-42-23-33(69-6)11-13-35(42)25(2)51/h7-16,19-25,43-44H,17-18H2,1-6H3,(H,54,66)(H,55,67)(H,56,64)(H,57,65). The molecule has 4 N–H and O–H groups in total. The van der Waals surface area contributed by atoms with Crippen LogP contribution in [0, 0.1) is 0 Å². The molecule has 360 valence electrons. The molecule has 0 spiro atoms. The SMILES string of the molecule is COc1ccc(C(C)Cl)c(NC(=O)c2cc(N=NC(C(C)=O)C(=O)Nc3ccc(NC(=O)C(N=Nc4ccc(Cl)c(C(=O)Nc5cc(OC)ccc5C(C)Cl)c4)C(C)=O)c(CCCl)c3)ccc2Cl)c1. The second-order valence-electron chi connectivity index (χ2n) is 15.1. The molecule has 0 aliphatic heterocycles. The normalized spacial score (nSPS) is 13.0. The van der Waals surface area contributed by atoms with Crippen molar-refractivity contribution in [3.05, 3.63) is 129 Å². The topological polar surface area (TPSA) is 218 Å². The molecule has 5 rings (SSSR count). The number of aryl methyl sites for hydroxylation is 1. The smallest absolute Gasteiger partial charge is 0.258 e. The first-order valence-corrected chi connectivity index (χ1v) is 23.0. The van der Waals surface area contributed by atoms with Crippen molar-refractivity contribution >= 4 is 127 Å². The molecule has 0 saturated carbocycles. The zero-order valence-corrected chi connectivity index (χ0v) is 41.6. The predicted molar refractivity (Wildman–Crippen MR) is 269 cm³/mol. The Labute approximate surface area is 422 Å². The Morgan fingerprint density at radius 2 is 1.01 bits per heavy atom. The zero-order valence-electron chi connectivity index (χ0n) is 37.8. The number of nitrogens with one attached hydrogen (secondary N) is 4. The number of methoxy groups -OCH3 is 2. The predicted octanol–water partition coefficient (Wildman–Crippen LogP) is 12.3. The minimum Gasteiger partial charge on any atom is -0.497 e. The highest BCUT2D eigenvalue weighted by atomic mass is 35.5. The van der Waals surface area contributed by atoms with Crippen LogP contribution in [0.1, 0.15) is 75.9 Å². The number of hydrogen-bond acceptors (Lipinski definition) is 12. The third-order valence-electron chi connectivity index (χ3n) is 10.1. The van der Waals surface area contributed by atoms with Crippen molar-refractivity contribution in [2.45, 2.75) is 57.0 Å². The Morgan fingerprint density at radius 1 is 0.565 bits per heavy atom. The molecular weight excluding hydrogens is 994 g/mol. The fourth-order valence-electron chi connectivity index (χ4n) is 6.51. The highest BCUT2D eigenvalue weighted by Crippen LogP contribution is 2.34. The summed E-state index contributed by atoms with van der Waals surface area (Å²) in [6, 6.07) is 19.8. The highest BCUT2D eigenvalue weighted by Gasteiger charge is 2.27. The van der Waals surface area contributed by atoms with Gasteiger partial charge in [0.2, 0.25) is 12.1 Å². The van der Waals surface area contributed by atoms with E-state index >= 15 is 0 Å². The Balaban J connectivity index is 1.29. The summed E-state index contributed by atoms with van der Waals surface area (Å²) in [6.07, 6.45) is 0.205. The summed E-state index contributed by atoms with van der Waals surface area (Å²) < 4.78 is 10.6. The van der Waals surface area contributed by atoms with Gasteiger partial charge in [-0.3, -0.25) is 28.8 Å². The molecule has 0 aromatic heterocycles. The summed E-state index contributed by atoms with van der Waals surface area (Å²) in [6.45, 7) is 5.83. The number of halogens is 5. The number of rotatable bonds is 20. The fraction of sp³-hybridized carbons (Fsp3) is 0.250. The molecule has 69 heavy (non-hydrogen) atoms. The van der Waals surface area contributed by atoms with Gasteiger partial charge in [0.05, 0.1) is 57.5 Å². The maximum atomic E-state index is 13.5. The Morgan fingerprint density at radius 3 is 1.42 bits per heavy atom. The number of azo groups is 2. The molecule has 4 unspecified atom stereocenters. The lowest BCUT2D eigenvalue weighted by Crippen LogP contribution is -2.32. The monoisotopic (exact) mass is 1040 g/mol. The molecule has 4 atom stereocenters. The minimum atomic E-state index is -1.61. The van der Waals surface area contributed by atoms with E-state index in [1.54, 1.807) is 50.2 Å². The van der Waals surface area contributed by atoms with E-state index in [-0.39, 0.29) is 56.2 Å². The van der Waals surface area contributed by atoms with E-state index in [0.29, 0.717) is 39.6 Å². The molecule has 5 aromatic rings. The maximum Gasteiger partial charge on any atom is 0.258 e. The Bertz CT molecular complexity index is 2840. The van der Waals surface area contributed by atoms with Crippen molar-refractivity contribution in [2.24, 2.45) is 20.5 Å². The number of benzene rings is 5. The molecule has 0 radical (unpaired) electrons. The molecule has 21 heteroatoms. The zero-order chi connectivity index (χ0) is 50.5. The molecule has 0 bridgehead atoms. The van der Waals surface area contributed by atoms with Crippen molar-refractivity contribution in [2.75, 3.05) is 41.4 Å². The first kappa shape index (κ1) is 53.5. The number of hydrogen-bond donors (Lipinski definition) is 4. The van der Waals surface area contributed by atoms with E-state index in [1.807, 2.05) is 0 Å². The summed E-state index contributed by atoms with van der Waals surface area (Å²) >= 11 is 31.6. The lowest BCUT2D eigenvalue weighted by Gasteiger charge is -2.16. The van der Waals surface area contributed by atoms with Gasteiger partial charge < -0.3 is 30.7 Å². The molecule has 0 fully saturated rings. The van der Waals surface area contributed by atoms with Crippen LogP contribution < -0.4 is 30.7 Å². The second-order valence-corrected chi connectivity index (χ2v) is 17.6. The van der Waals surface area contributed by atoms with E-state index in [9.17, 15) is 28.8 Å². The van der Waals surface area contributed by atoms with Gasteiger partial charge in [-0.05, 0) is 118 Å². The minimum absolute atomic E-state index is 0.0307. The van der Waals surface area contributed by atoms with Gasteiger partial charge in [0.15, 0.2) is 11.6 Å². The van der Waals surface area contributed by atoms with Crippen LogP contribution >= 0.6 is 58.0 Å². The number of amides is 4. The molecular formula is C48H45Cl5N8O8. The van der Waals surface area contributed by atoms with Gasteiger partial charge in [-0.25, -0.2) is 0 Å². The third-order valence-corrected chi connectivity index (χ3v) is 11.4. The van der Waals surface area contributed by atoms with Gasteiger partial charge in [-0.1, -0.05) is 35.3 Å². The number of ether oxygens (including phenoxy) is 2. The van der Waals surface area contributed by atoms with Crippen LogP contribution in [0.25, 0.3) is 0 Å². The van der Waals surface area contributed by atoms with Gasteiger partial charge in [0.25, 0.3) is 23.6 Å². The summed E-state index contributed by atoms with van der Waals surface area (Å²) in [5.41, 5.74) is 3.32. The number of carbonyl (C=O) groups is 6. The third kappa shape index (κ3) is 14.3. The van der Waals surface area contributed by atoms with Crippen LogP contribution in [0.4, 0.5) is 34.1 Å². The largest absolute Gasteiger partial charge is 0.497 e. The van der Waals surface area contributed by atoms with Crippen molar-refractivity contribution < 1.29 is 38.2 Å². The van der Waals surface area contributed by atoms with E-state index in [0.717, 1.165) is 0 Å². The van der Waals surface area contributed by atoms with Crippen molar-refractivity contribution in [1.29, 1.82) is 0 Å². The highest BCUT2D eigenvalue weighted by molar-refractivity contribution is 6.35. The van der Waals surface area contributed by atoms with Gasteiger partial charge >= 0.3 is 0 Å². The summed E-state index contributed by atoms with van der Waals surface area (Å²) in [4.78, 5) is 79.2. The number of carbonyl (C=O) groups excluding carboxylic acids is 6. The number of anilines is 4. The number of nitrogens with zero attached hydrogens (tertiary/aromatic N) is 4. The molecule has 0 aliphatic carbocycles. The molecule has 0 aliphatic rings. The maximum absolute atomic E-state index is 13.5. The quantitative estimate of drug-likeness (QED) is 0.0333. The second kappa shape index (κ2) is 24.7. The average molecular weight is 1040 g/mol. The summed E-state index contributed by atoms with van der Waals surface area (Å²) in [5, 5.41) is 26.4. The number of ketones is 2. The summed E-state index contributed by atoms with van der Waals surface area (Å²) in [7, 11) is 2.98. The first-order valence-electron chi connectivity index (χ1n) is 20.8. The first-order chi connectivity index (χ1) is 32.8. The van der Waals surface area contributed by atoms with Crippen LogP contribution in [-0.2, 0) is 25.6 Å². The van der Waals surface area contributed by atoms with Crippen LogP contribution in [-0.4, -0.2) is 67.4 Å². The lowest BCUT2D eigenvalue weighted by atomic mass is 10.1. The van der Waals surface area contributed by atoms with E-state index in [1.165, 1.54) is 82.7 Å². The summed E-state index contributed by atoms with van der Waals surface area (Å²) in [5.74, 6) is -3.04. The van der Waals surface area contributed by atoms with Gasteiger partial charge in [0, 0.05) is 40.8 Å². The Hall–Kier alpha value is -6.43. The van der Waals surface area contributed by atoms with Crippen LogP contribution in [0.5, 0.6) is 11.5 Å². The van der Waals surface area contributed by atoms with E-state index in [4.69, 9.17) is 67.5 Å². The molecule has 16 nitrogen and oxygen atoms in total. The Kier molecular flexibility index (Phi) is 19.2. The average Bonchev–Trinajstić information content (AvgIpc) is 3.30. The van der Waals surface area contributed by atoms with E-state index < -0.39 is 58.0 Å². The van der Waals surface area contributed by atoms with Gasteiger partial charge in [-0.2, -0.15) is 20.5 Å². The van der Waals surface area contributed by atoms with Crippen molar-refractivity contribution in [3.8, 4) is 11.5 Å².